The van der Waals surface area contributed by atoms with Crippen LogP contribution in [0.3, 0.4) is 0 Å². The van der Waals surface area contributed by atoms with E-state index in [4.69, 9.17) is 17.3 Å². The number of hydrogen-bond acceptors (Lipinski definition) is 2. The fourth-order valence-corrected chi connectivity index (χ4v) is 2.83. The minimum Gasteiger partial charge on any atom is -0.398 e. The number of benzene rings is 2. The number of amides is 1. The van der Waals surface area contributed by atoms with Crippen molar-refractivity contribution in [2.45, 2.75) is 0 Å². The number of nitrogens with one attached hydrogen (secondary N) is 1. The summed E-state index contributed by atoms with van der Waals surface area (Å²) in [4.78, 5) is 12.2. The summed E-state index contributed by atoms with van der Waals surface area (Å²) in [6, 6.07) is 7.27. The smallest absolute Gasteiger partial charge is 0.257 e. The van der Waals surface area contributed by atoms with Crippen molar-refractivity contribution in [3.8, 4) is 0 Å². The van der Waals surface area contributed by atoms with E-state index in [-0.39, 0.29) is 10.7 Å². The van der Waals surface area contributed by atoms with Crippen molar-refractivity contribution in [2.24, 2.45) is 0 Å². The van der Waals surface area contributed by atoms with Crippen LogP contribution in [0, 0.1) is 5.82 Å². The van der Waals surface area contributed by atoms with E-state index in [2.05, 4.69) is 37.2 Å². The van der Waals surface area contributed by atoms with E-state index in [1.807, 2.05) is 0 Å². The lowest BCUT2D eigenvalue weighted by Gasteiger charge is -2.11. The van der Waals surface area contributed by atoms with Crippen LogP contribution in [0.5, 0.6) is 0 Å². The van der Waals surface area contributed by atoms with Crippen molar-refractivity contribution in [3.05, 3.63) is 55.7 Å². The maximum absolute atomic E-state index is 13.1. The molecule has 0 unspecified atom stereocenters. The molecule has 0 radical (unpaired) electrons. The molecule has 0 atom stereocenters. The van der Waals surface area contributed by atoms with Gasteiger partial charge in [0.05, 0.1) is 16.3 Å². The lowest BCUT2D eigenvalue weighted by Crippen LogP contribution is -2.14. The molecule has 0 aliphatic rings. The van der Waals surface area contributed by atoms with Gasteiger partial charge in [0.1, 0.15) is 5.82 Å². The predicted molar refractivity (Wildman–Crippen MR) is 85.6 cm³/mol. The Bertz CT molecular complexity index is 671. The molecule has 0 aliphatic carbocycles. The van der Waals surface area contributed by atoms with Gasteiger partial charge >= 0.3 is 0 Å². The van der Waals surface area contributed by atoms with Crippen LogP contribution < -0.4 is 11.1 Å². The molecule has 3 nitrogen and oxygen atoms in total. The van der Waals surface area contributed by atoms with Gasteiger partial charge in [-0.25, -0.2) is 4.39 Å². The summed E-state index contributed by atoms with van der Waals surface area (Å²) in [5.74, 6) is -0.931. The lowest BCUT2D eigenvalue weighted by molar-refractivity contribution is 0.102. The molecule has 20 heavy (non-hydrogen) atoms. The van der Waals surface area contributed by atoms with Crippen LogP contribution in [0.25, 0.3) is 0 Å². The SMILES string of the molecule is Nc1ccc(Br)cc1C(=O)Nc1c(Cl)cc(F)cc1Br. The molecule has 3 N–H and O–H groups in total. The van der Waals surface area contributed by atoms with Gasteiger partial charge in [-0.05, 0) is 46.3 Å². The van der Waals surface area contributed by atoms with E-state index in [0.29, 0.717) is 15.7 Å². The molecule has 0 fully saturated rings. The van der Waals surface area contributed by atoms with Crippen molar-refractivity contribution >= 4 is 60.7 Å². The molecule has 2 aromatic carbocycles. The second-order valence-electron chi connectivity index (χ2n) is 3.93. The maximum Gasteiger partial charge on any atom is 0.257 e. The summed E-state index contributed by atoms with van der Waals surface area (Å²) >= 11 is 12.3. The first-order valence-corrected chi connectivity index (χ1v) is 7.36. The standard InChI is InChI=1S/C13H8Br2ClFN2O/c14-6-1-2-11(18)8(3-6)13(20)19-12-9(15)4-7(17)5-10(12)16/h1-5H,18H2,(H,19,20). The Balaban J connectivity index is 2.35. The number of nitrogen functional groups attached to an aromatic ring is 1. The zero-order valence-corrected chi connectivity index (χ0v) is 13.8. The first-order chi connectivity index (χ1) is 9.38. The minimum atomic E-state index is -0.498. The maximum atomic E-state index is 13.1. The van der Waals surface area contributed by atoms with Gasteiger partial charge in [-0.1, -0.05) is 27.5 Å². The third kappa shape index (κ3) is 3.31. The normalized spacial score (nSPS) is 10.4. The quantitative estimate of drug-likeness (QED) is 0.681. The predicted octanol–water partition coefficient (Wildman–Crippen LogP) is 4.84. The molecule has 0 spiro atoms. The van der Waals surface area contributed by atoms with Crippen molar-refractivity contribution in [1.82, 2.24) is 0 Å². The molecule has 7 heteroatoms. The molecular weight excluding hydrogens is 414 g/mol. The number of carbonyl (C=O) groups excluding carboxylic acids is 1. The number of halogens is 4. The highest BCUT2D eigenvalue weighted by Crippen LogP contribution is 2.32. The lowest BCUT2D eigenvalue weighted by atomic mass is 10.1. The van der Waals surface area contributed by atoms with Gasteiger partial charge in [0.25, 0.3) is 5.91 Å². The molecule has 0 aliphatic heterocycles. The summed E-state index contributed by atoms with van der Waals surface area (Å²) in [6.07, 6.45) is 0. The molecule has 0 heterocycles. The fourth-order valence-electron chi connectivity index (χ4n) is 1.57. The highest BCUT2D eigenvalue weighted by atomic mass is 79.9. The minimum absolute atomic E-state index is 0.0961. The highest BCUT2D eigenvalue weighted by Gasteiger charge is 2.15. The van der Waals surface area contributed by atoms with Crippen LogP contribution in [0.1, 0.15) is 10.4 Å². The largest absolute Gasteiger partial charge is 0.398 e. The number of rotatable bonds is 2. The van der Waals surface area contributed by atoms with Crippen molar-refractivity contribution in [3.63, 3.8) is 0 Å². The van der Waals surface area contributed by atoms with Gasteiger partial charge in [-0.3, -0.25) is 4.79 Å². The van der Waals surface area contributed by atoms with E-state index >= 15 is 0 Å². The average molecular weight is 422 g/mol. The first kappa shape index (κ1) is 15.3. The topological polar surface area (TPSA) is 55.1 Å². The third-order valence-electron chi connectivity index (χ3n) is 2.51. The van der Waals surface area contributed by atoms with E-state index in [9.17, 15) is 9.18 Å². The van der Waals surface area contributed by atoms with Crippen molar-refractivity contribution in [2.75, 3.05) is 11.1 Å². The Labute approximate surface area is 136 Å². The summed E-state index contributed by atoms with van der Waals surface area (Å²) in [5, 5.41) is 2.70. The zero-order valence-electron chi connectivity index (χ0n) is 9.88. The number of hydrogen-bond donors (Lipinski definition) is 2. The van der Waals surface area contributed by atoms with E-state index in [1.54, 1.807) is 18.2 Å². The van der Waals surface area contributed by atoms with Gasteiger partial charge in [-0.2, -0.15) is 0 Å². The molecule has 0 saturated carbocycles. The Morgan fingerprint density at radius 2 is 1.95 bits per heavy atom. The molecule has 0 aromatic heterocycles. The number of carbonyl (C=O) groups is 1. The average Bonchev–Trinajstić information content (AvgIpc) is 2.36. The van der Waals surface area contributed by atoms with Crippen LogP contribution in [0.2, 0.25) is 5.02 Å². The Morgan fingerprint density at radius 1 is 1.25 bits per heavy atom. The zero-order chi connectivity index (χ0) is 14.9. The van der Waals surface area contributed by atoms with Gasteiger partial charge in [0, 0.05) is 14.6 Å². The van der Waals surface area contributed by atoms with Gasteiger partial charge in [0.15, 0.2) is 0 Å². The third-order valence-corrected chi connectivity index (χ3v) is 3.92. The molecule has 0 saturated heterocycles. The van der Waals surface area contributed by atoms with E-state index < -0.39 is 11.7 Å². The van der Waals surface area contributed by atoms with Gasteiger partial charge in [0.2, 0.25) is 0 Å². The molecule has 2 aromatic rings. The van der Waals surface area contributed by atoms with Crippen LogP contribution >= 0.6 is 43.5 Å². The Hall–Kier alpha value is -1.11. The summed E-state index contributed by atoms with van der Waals surface area (Å²) in [7, 11) is 0. The summed E-state index contributed by atoms with van der Waals surface area (Å²) in [5.41, 5.74) is 6.68. The second kappa shape index (κ2) is 6.11. The second-order valence-corrected chi connectivity index (χ2v) is 6.11. The monoisotopic (exact) mass is 420 g/mol. The number of anilines is 2. The van der Waals surface area contributed by atoms with Crippen LogP contribution in [0.4, 0.5) is 15.8 Å². The van der Waals surface area contributed by atoms with Crippen molar-refractivity contribution in [1.29, 1.82) is 0 Å². The van der Waals surface area contributed by atoms with Crippen molar-refractivity contribution < 1.29 is 9.18 Å². The molecule has 2 rings (SSSR count). The van der Waals surface area contributed by atoms with Gasteiger partial charge < -0.3 is 11.1 Å². The Kier molecular flexibility index (Phi) is 4.67. The number of nitrogens with two attached hydrogens (primary N) is 1. The summed E-state index contributed by atoms with van der Waals surface area (Å²) in [6.45, 7) is 0. The van der Waals surface area contributed by atoms with Crippen LogP contribution in [0.15, 0.2) is 39.3 Å². The Morgan fingerprint density at radius 3 is 2.60 bits per heavy atom. The van der Waals surface area contributed by atoms with E-state index in [1.165, 1.54) is 6.07 Å². The first-order valence-electron chi connectivity index (χ1n) is 5.39. The molecule has 1 amide bonds. The molecule has 104 valence electrons. The van der Waals surface area contributed by atoms with Gasteiger partial charge in [-0.15, -0.1) is 0 Å². The van der Waals surface area contributed by atoms with E-state index in [0.717, 1.165) is 10.5 Å². The van der Waals surface area contributed by atoms with Crippen LogP contribution in [-0.2, 0) is 0 Å². The fraction of sp³-hybridized carbons (Fsp3) is 0. The van der Waals surface area contributed by atoms with Crippen LogP contribution in [-0.4, -0.2) is 5.91 Å². The highest BCUT2D eigenvalue weighted by molar-refractivity contribution is 9.10. The molecular formula is C13H8Br2ClFN2O. The summed E-state index contributed by atoms with van der Waals surface area (Å²) < 4.78 is 14.2. The molecule has 0 bridgehead atoms.